The molecule has 0 unspecified atom stereocenters. The van der Waals surface area contributed by atoms with E-state index in [0.29, 0.717) is 14.8 Å². The van der Waals surface area contributed by atoms with Crippen molar-refractivity contribution in [1.82, 2.24) is 9.97 Å². The summed E-state index contributed by atoms with van der Waals surface area (Å²) in [5.74, 6) is -0.159. The topological polar surface area (TPSA) is 62.8 Å². The Labute approximate surface area is 142 Å². The molecule has 2 aromatic heterocycles. The maximum atomic E-state index is 12.2. The van der Waals surface area contributed by atoms with Crippen LogP contribution in [-0.2, 0) is 6.42 Å². The molecule has 4 nitrogen and oxygen atoms in total. The number of hydrogen-bond donors (Lipinski definition) is 1. The SMILES string of the molecule is CCc1ccc(/C=c2\s/c(=C\C(=O)c3ccncc3)[nH]c2=O)cc1. The van der Waals surface area contributed by atoms with E-state index in [9.17, 15) is 9.59 Å². The summed E-state index contributed by atoms with van der Waals surface area (Å²) in [6.07, 6.45) is 7.39. The molecule has 0 saturated heterocycles. The van der Waals surface area contributed by atoms with E-state index in [1.165, 1.54) is 23.0 Å². The van der Waals surface area contributed by atoms with E-state index >= 15 is 0 Å². The Morgan fingerprint density at radius 2 is 1.88 bits per heavy atom. The summed E-state index contributed by atoms with van der Waals surface area (Å²) in [7, 11) is 0. The summed E-state index contributed by atoms with van der Waals surface area (Å²) >= 11 is 1.27. The first-order valence-corrected chi connectivity index (χ1v) is 8.43. The van der Waals surface area contributed by atoms with Crippen molar-refractivity contribution in [3.8, 4) is 0 Å². The maximum absolute atomic E-state index is 12.2. The van der Waals surface area contributed by atoms with Crippen LogP contribution in [0.2, 0.25) is 0 Å². The number of carbonyl (C=O) groups excluding carboxylic acids is 1. The van der Waals surface area contributed by atoms with Crippen molar-refractivity contribution in [3.63, 3.8) is 0 Å². The van der Waals surface area contributed by atoms with Gasteiger partial charge in [-0.05, 0) is 35.8 Å². The van der Waals surface area contributed by atoms with Crippen LogP contribution in [-0.4, -0.2) is 15.8 Å². The number of aryl methyl sites for hydroxylation is 1. The molecule has 24 heavy (non-hydrogen) atoms. The average molecular weight is 336 g/mol. The summed E-state index contributed by atoms with van der Waals surface area (Å²) in [4.78, 5) is 30.8. The van der Waals surface area contributed by atoms with E-state index in [-0.39, 0.29) is 11.3 Å². The molecule has 0 bridgehead atoms. The van der Waals surface area contributed by atoms with Crippen LogP contribution >= 0.6 is 11.3 Å². The first-order chi connectivity index (χ1) is 11.7. The van der Waals surface area contributed by atoms with Gasteiger partial charge in [0, 0.05) is 24.0 Å². The number of benzene rings is 1. The number of aromatic nitrogens is 2. The minimum absolute atomic E-state index is 0.159. The lowest BCUT2D eigenvalue weighted by Crippen LogP contribution is -2.20. The molecule has 5 heteroatoms. The van der Waals surface area contributed by atoms with E-state index in [2.05, 4.69) is 16.9 Å². The Kier molecular flexibility index (Phi) is 4.82. The van der Waals surface area contributed by atoms with Crippen LogP contribution in [0.4, 0.5) is 0 Å². The van der Waals surface area contributed by atoms with Gasteiger partial charge in [0.1, 0.15) is 0 Å². The highest BCUT2D eigenvalue weighted by Gasteiger charge is 2.02. The van der Waals surface area contributed by atoms with Gasteiger partial charge in [0.2, 0.25) is 0 Å². The number of hydrogen-bond acceptors (Lipinski definition) is 4. The summed E-state index contributed by atoms with van der Waals surface area (Å²) < 4.78 is 1.12. The number of thiazole rings is 1. The van der Waals surface area contributed by atoms with Crippen LogP contribution in [0.15, 0.2) is 53.6 Å². The molecule has 0 aliphatic rings. The van der Waals surface area contributed by atoms with Crippen molar-refractivity contribution >= 4 is 29.3 Å². The van der Waals surface area contributed by atoms with E-state index in [1.54, 1.807) is 24.5 Å². The zero-order valence-electron chi connectivity index (χ0n) is 13.2. The molecule has 0 spiro atoms. The summed E-state index contributed by atoms with van der Waals surface area (Å²) in [5.41, 5.74) is 2.57. The molecule has 3 rings (SSSR count). The average Bonchev–Trinajstić information content (AvgIpc) is 2.95. The third kappa shape index (κ3) is 3.75. The van der Waals surface area contributed by atoms with Gasteiger partial charge in [0.25, 0.3) is 5.56 Å². The number of rotatable bonds is 4. The highest BCUT2D eigenvalue weighted by molar-refractivity contribution is 7.07. The molecule has 2 heterocycles. The van der Waals surface area contributed by atoms with E-state index in [1.807, 2.05) is 30.3 Å². The van der Waals surface area contributed by atoms with E-state index in [0.717, 1.165) is 12.0 Å². The largest absolute Gasteiger partial charge is 0.313 e. The lowest BCUT2D eigenvalue weighted by atomic mass is 10.1. The van der Waals surface area contributed by atoms with Gasteiger partial charge in [0.05, 0.1) is 9.20 Å². The number of H-pyrrole nitrogens is 1. The van der Waals surface area contributed by atoms with Gasteiger partial charge in [-0.25, -0.2) is 0 Å². The Morgan fingerprint density at radius 1 is 1.17 bits per heavy atom. The molecular formula is C19H16N2O2S. The molecule has 1 N–H and O–H groups in total. The van der Waals surface area contributed by atoms with Gasteiger partial charge in [-0.15, -0.1) is 11.3 Å². The van der Waals surface area contributed by atoms with Gasteiger partial charge >= 0.3 is 0 Å². The van der Waals surface area contributed by atoms with Crippen LogP contribution in [0.5, 0.6) is 0 Å². The van der Waals surface area contributed by atoms with Crippen LogP contribution in [0.1, 0.15) is 28.4 Å². The maximum Gasteiger partial charge on any atom is 0.266 e. The number of ketones is 1. The Bertz CT molecular complexity index is 1020. The van der Waals surface area contributed by atoms with Crippen LogP contribution in [0.3, 0.4) is 0 Å². The third-order valence-corrected chi connectivity index (χ3v) is 4.56. The number of pyridine rings is 1. The molecule has 0 aliphatic heterocycles. The summed E-state index contributed by atoms with van der Waals surface area (Å²) in [5, 5.41) is 0. The molecule has 0 radical (unpaired) electrons. The molecule has 0 atom stereocenters. The molecule has 0 saturated carbocycles. The van der Waals surface area contributed by atoms with E-state index in [4.69, 9.17) is 0 Å². The molecule has 1 aromatic carbocycles. The van der Waals surface area contributed by atoms with Crippen molar-refractivity contribution in [2.45, 2.75) is 13.3 Å². The van der Waals surface area contributed by atoms with Gasteiger partial charge < -0.3 is 4.98 Å². The highest BCUT2D eigenvalue weighted by Crippen LogP contribution is 2.05. The fraction of sp³-hybridized carbons (Fsp3) is 0.105. The van der Waals surface area contributed by atoms with Crippen LogP contribution in [0, 0.1) is 0 Å². The van der Waals surface area contributed by atoms with Gasteiger partial charge in [0.15, 0.2) is 5.78 Å². The van der Waals surface area contributed by atoms with Crippen molar-refractivity contribution < 1.29 is 4.79 Å². The second-order valence-electron chi connectivity index (χ2n) is 5.27. The minimum Gasteiger partial charge on any atom is -0.313 e. The number of aromatic amines is 1. The Balaban J connectivity index is 1.95. The van der Waals surface area contributed by atoms with Gasteiger partial charge in [-0.1, -0.05) is 31.2 Å². The molecule has 3 aromatic rings. The normalized spacial score (nSPS) is 12.5. The quantitative estimate of drug-likeness (QED) is 0.740. The number of carbonyl (C=O) groups is 1. The number of nitrogens with zero attached hydrogens (tertiary/aromatic N) is 1. The molecule has 0 fully saturated rings. The van der Waals surface area contributed by atoms with Crippen molar-refractivity contribution in [2.75, 3.05) is 0 Å². The Morgan fingerprint density at radius 3 is 2.54 bits per heavy atom. The first kappa shape index (κ1) is 16.1. The van der Waals surface area contributed by atoms with Crippen LogP contribution in [0.25, 0.3) is 12.2 Å². The summed E-state index contributed by atoms with van der Waals surface area (Å²) in [6.45, 7) is 2.10. The monoisotopic (exact) mass is 336 g/mol. The fourth-order valence-electron chi connectivity index (χ4n) is 2.24. The lowest BCUT2D eigenvalue weighted by molar-refractivity contribution is 0.106. The lowest BCUT2D eigenvalue weighted by Gasteiger charge is -1.96. The second kappa shape index (κ2) is 7.19. The zero-order valence-corrected chi connectivity index (χ0v) is 14.0. The molecular weight excluding hydrogens is 320 g/mol. The van der Waals surface area contributed by atoms with Crippen molar-refractivity contribution in [1.29, 1.82) is 0 Å². The van der Waals surface area contributed by atoms with Gasteiger partial charge in [-0.3, -0.25) is 14.6 Å². The fourth-order valence-corrected chi connectivity index (χ4v) is 3.13. The number of Topliss-reactive ketones (excluding diaryl/α,β-unsaturated/α-hetero) is 1. The number of nitrogens with one attached hydrogen (secondary N) is 1. The molecule has 120 valence electrons. The molecule has 0 amide bonds. The van der Waals surface area contributed by atoms with E-state index < -0.39 is 0 Å². The van der Waals surface area contributed by atoms with Gasteiger partial charge in [-0.2, -0.15) is 0 Å². The molecule has 0 aliphatic carbocycles. The predicted octanol–water partition coefficient (Wildman–Crippen LogP) is 1.89. The predicted molar refractivity (Wildman–Crippen MR) is 96.6 cm³/mol. The Hall–Kier alpha value is -2.79. The summed E-state index contributed by atoms with van der Waals surface area (Å²) in [6, 6.07) is 11.4. The second-order valence-corrected chi connectivity index (χ2v) is 6.35. The van der Waals surface area contributed by atoms with Crippen molar-refractivity contribution in [3.05, 3.63) is 85.0 Å². The third-order valence-electron chi connectivity index (χ3n) is 3.59. The highest BCUT2D eigenvalue weighted by atomic mass is 32.1. The van der Waals surface area contributed by atoms with Crippen molar-refractivity contribution in [2.24, 2.45) is 0 Å². The smallest absolute Gasteiger partial charge is 0.266 e. The standard InChI is InChI=1S/C19H16N2O2S/c1-2-13-3-5-14(6-4-13)11-17-19(23)21-18(24-17)12-16(22)15-7-9-20-10-8-15/h3-12H,2H2,1H3,(H,21,23)/b17-11-,18-12-. The zero-order chi connectivity index (χ0) is 16.9. The first-order valence-electron chi connectivity index (χ1n) is 7.61. The minimum atomic E-state index is -0.187. The van der Waals surface area contributed by atoms with Crippen LogP contribution < -0.4 is 14.8 Å².